The van der Waals surface area contributed by atoms with E-state index in [1.807, 2.05) is 0 Å². The molecule has 1 aliphatic rings. The second-order valence-electron chi connectivity index (χ2n) is 3.42. The van der Waals surface area contributed by atoms with Gasteiger partial charge in [-0.2, -0.15) is 0 Å². The van der Waals surface area contributed by atoms with E-state index in [-0.39, 0.29) is 5.91 Å². The van der Waals surface area contributed by atoms with E-state index in [9.17, 15) is 15.0 Å². The summed E-state index contributed by atoms with van der Waals surface area (Å²) in [5, 5.41) is 30.3. The maximum atomic E-state index is 10.8. The van der Waals surface area contributed by atoms with Gasteiger partial charge >= 0.3 is 0 Å². The van der Waals surface area contributed by atoms with Crippen molar-refractivity contribution in [2.45, 2.75) is 36.8 Å². The van der Waals surface area contributed by atoms with Gasteiger partial charge in [-0.1, -0.05) is 11.6 Å². The molecule has 1 fully saturated rings. The van der Waals surface area contributed by atoms with Crippen LogP contribution in [0.15, 0.2) is 0 Å². The van der Waals surface area contributed by atoms with Gasteiger partial charge < -0.3 is 25.4 Å². The molecule has 1 rings (SSSR count). The number of aliphatic hydroxyl groups is 3. The fourth-order valence-corrected chi connectivity index (χ4v) is 1.80. The van der Waals surface area contributed by atoms with Gasteiger partial charge in [-0.25, -0.2) is 0 Å². The molecule has 1 heterocycles. The lowest BCUT2D eigenvalue weighted by molar-refractivity contribution is -0.175. The number of rotatable bonds is 2. The zero-order valence-electron chi connectivity index (χ0n) is 8.13. The van der Waals surface area contributed by atoms with Crippen LogP contribution < -0.4 is 5.32 Å². The Kier molecular flexibility index (Phi) is 4.30. The largest absolute Gasteiger partial charge is 0.394 e. The van der Waals surface area contributed by atoms with Gasteiger partial charge in [-0.15, -0.1) is 0 Å². The van der Waals surface area contributed by atoms with Crippen LogP contribution in [0.25, 0.3) is 0 Å². The highest BCUT2D eigenvalue weighted by atomic mass is 35.5. The second-order valence-corrected chi connectivity index (χ2v) is 3.85. The summed E-state index contributed by atoms with van der Waals surface area (Å²) in [6, 6.07) is -0.887. The molecule has 1 saturated heterocycles. The summed E-state index contributed by atoms with van der Waals surface area (Å²) < 4.78 is 5.02. The summed E-state index contributed by atoms with van der Waals surface area (Å²) in [4.78, 5) is 10.8. The Hall–Kier alpha value is -0.400. The second kappa shape index (κ2) is 5.09. The first-order valence-electron chi connectivity index (χ1n) is 4.51. The van der Waals surface area contributed by atoms with E-state index >= 15 is 0 Å². The molecular formula is C8H14ClNO5. The van der Waals surface area contributed by atoms with Crippen molar-refractivity contribution in [2.24, 2.45) is 0 Å². The number of carbonyl (C=O) groups is 1. The molecule has 0 aliphatic carbocycles. The highest BCUT2D eigenvalue weighted by Gasteiger charge is 2.43. The van der Waals surface area contributed by atoms with E-state index in [0.29, 0.717) is 0 Å². The molecule has 88 valence electrons. The molecule has 0 aromatic heterocycles. The topological polar surface area (TPSA) is 99.0 Å². The molecule has 0 aromatic rings. The Balaban J connectivity index is 2.70. The number of hydrogen-bond donors (Lipinski definition) is 4. The number of carbonyl (C=O) groups excluding carboxylic acids is 1. The molecule has 6 nitrogen and oxygen atoms in total. The molecule has 0 aromatic carbocycles. The highest BCUT2D eigenvalue weighted by Crippen LogP contribution is 2.23. The fraction of sp³-hybridized carbons (Fsp3) is 0.875. The summed E-state index contributed by atoms with van der Waals surface area (Å²) in [7, 11) is 0. The van der Waals surface area contributed by atoms with Crippen LogP contribution in [0.2, 0.25) is 0 Å². The van der Waals surface area contributed by atoms with Crippen molar-refractivity contribution in [1.82, 2.24) is 5.32 Å². The Morgan fingerprint density at radius 1 is 1.47 bits per heavy atom. The maximum Gasteiger partial charge on any atom is 0.217 e. The van der Waals surface area contributed by atoms with Crippen LogP contribution in [0, 0.1) is 0 Å². The monoisotopic (exact) mass is 239 g/mol. The van der Waals surface area contributed by atoms with E-state index in [2.05, 4.69) is 5.32 Å². The van der Waals surface area contributed by atoms with Gasteiger partial charge in [0.2, 0.25) is 5.91 Å². The molecule has 15 heavy (non-hydrogen) atoms. The van der Waals surface area contributed by atoms with Crippen molar-refractivity contribution in [3.05, 3.63) is 0 Å². The molecule has 0 saturated carbocycles. The zero-order chi connectivity index (χ0) is 11.6. The third-order valence-electron chi connectivity index (χ3n) is 2.24. The predicted molar refractivity (Wildman–Crippen MR) is 51.2 cm³/mol. The molecule has 0 unspecified atom stereocenters. The van der Waals surface area contributed by atoms with E-state index < -0.39 is 36.5 Å². The van der Waals surface area contributed by atoms with Gasteiger partial charge in [-0.3, -0.25) is 4.79 Å². The lowest BCUT2D eigenvalue weighted by Gasteiger charge is -2.40. The fourth-order valence-electron chi connectivity index (χ4n) is 1.46. The van der Waals surface area contributed by atoms with Gasteiger partial charge in [0.05, 0.1) is 12.6 Å². The van der Waals surface area contributed by atoms with E-state index in [1.165, 1.54) is 6.92 Å². The first-order chi connectivity index (χ1) is 6.97. The Morgan fingerprint density at radius 2 is 2.07 bits per heavy atom. The summed E-state index contributed by atoms with van der Waals surface area (Å²) >= 11 is 5.74. The van der Waals surface area contributed by atoms with Gasteiger partial charge in [0.15, 0.2) is 5.56 Å². The third kappa shape index (κ3) is 2.79. The molecule has 7 heteroatoms. The minimum Gasteiger partial charge on any atom is -0.394 e. The number of aliphatic hydroxyl groups excluding tert-OH is 3. The van der Waals surface area contributed by atoms with Gasteiger partial charge in [-0.05, 0) is 0 Å². The zero-order valence-corrected chi connectivity index (χ0v) is 8.89. The van der Waals surface area contributed by atoms with E-state index in [4.69, 9.17) is 21.4 Å². The van der Waals surface area contributed by atoms with Gasteiger partial charge in [0.25, 0.3) is 0 Å². The summed E-state index contributed by atoms with van der Waals surface area (Å²) in [5.74, 6) is -0.386. The van der Waals surface area contributed by atoms with Crippen molar-refractivity contribution in [3.8, 4) is 0 Å². The molecule has 0 radical (unpaired) electrons. The molecule has 1 aliphatic heterocycles. The molecule has 4 N–H and O–H groups in total. The van der Waals surface area contributed by atoms with Crippen molar-refractivity contribution < 1.29 is 24.9 Å². The van der Waals surface area contributed by atoms with Crippen molar-refractivity contribution in [2.75, 3.05) is 6.61 Å². The van der Waals surface area contributed by atoms with Crippen LogP contribution in [-0.4, -0.2) is 57.8 Å². The molecule has 1 amide bonds. The van der Waals surface area contributed by atoms with Crippen LogP contribution in [0.4, 0.5) is 0 Å². The minimum atomic E-state index is -1.28. The number of hydrogen-bond acceptors (Lipinski definition) is 5. The number of nitrogens with one attached hydrogen (secondary N) is 1. The number of ether oxygens (including phenoxy) is 1. The minimum absolute atomic E-state index is 0.386. The molecule has 5 atom stereocenters. The lowest BCUT2D eigenvalue weighted by Crippen LogP contribution is -2.62. The Morgan fingerprint density at radius 3 is 2.53 bits per heavy atom. The van der Waals surface area contributed by atoms with Gasteiger partial charge in [0, 0.05) is 6.92 Å². The van der Waals surface area contributed by atoms with Crippen molar-refractivity contribution in [3.63, 3.8) is 0 Å². The third-order valence-corrected chi connectivity index (χ3v) is 2.61. The van der Waals surface area contributed by atoms with Crippen LogP contribution >= 0.6 is 11.6 Å². The van der Waals surface area contributed by atoms with Crippen LogP contribution in [0.3, 0.4) is 0 Å². The average molecular weight is 240 g/mol. The first kappa shape index (κ1) is 12.7. The lowest BCUT2D eigenvalue weighted by atomic mass is 9.98. The van der Waals surface area contributed by atoms with Crippen molar-refractivity contribution >= 4 is 17.5 Å². The first-order valence-corrected chi connectivity index (χ1v) is 4.94. The number of amides is 1. The SMILES string of the molecule is CC(=O)N[C@@H]1[C@@H](O)[C@@H](O)[C@@H](CO)O[C@H]1Cl. The average Bonchev–Trinajstić information content (AvgIpc) is 2.18. The van der Waals surface area contributed by atoms with Crippen LogP contribution in [-0.2, 0) is 9.53 Å². The standard InChI is InChI=1S/C8H14ClNO5/c1-3(12)10-5-7(14)6(13)4(2-11)15-8(5)9/h4-8,11,13-14H,2H2,1H3,(H,10,12)/t4-,5-,6+,7-,8-/m1/s1. The summed E-state index contributed by atoms with van der Waals surface area (Å²) in [5.41, 5.74) is -0.982. The van der Waals surface area contributed by atoms with E-state index in [0.717, 1.165) is 0 Å². The normalized spacial score (nSPS) is 41.3. The highest BCUT2D eigenvalue weighted by molar-refractivity contribution is 6.20. The maximum absolute atomic E-state index is 10.8. The number of halogens is 1. The number of alkyl halides is 1. The van der Waals surface area contributed by atoms with E-state index in [1.54, 1.807) is 0 Å². The quantitative estimate of drug-likeness (QED) is 0.425. The summed E-state index contributed by atoms with van der Waals surface area (Å²) in [6.07, 6.45) is -3.48. The summed E-state index contributed by atoms with van der Waals surface area (Å²) in [6.45, 7) is 0.815. The van der Waals surface area contributed by atoms with Crippen LogP contribution in [0.5, 0.6) is 0 Å². The smallest absolute Gasteiger partial charge is 0.217 e. The molecule has 0 bridgehead atoms. The van der Waals surface area contributed by atoms with Gasteiger partial charge in [0.1, 0.15) is 18.3 Å². The van der Waals surface area contributed by atoms with Crippen LogP contribution in [0.1, 0.15) is 6.92 Å². The van der Waals surface area contributed by atoms with Crippen molar-refractivity contribution in [1.29, 1.82) is 0 Å². The Bertz CT molecular complexity index is 239. The predicted octanol–water partition coefficient (Wildman–Crippen LogP) is -1.83. The molecular weight excluding hydrogens is 226 g/mol. The molecule has 0 spiro atoms. The Labute approximate surface area is 91.8 Å².